The Labute approximate surface area is 245 Å². The van der Waals surface area contributed by atoms with Gasteiger partial charge in [-0.05, 0) is 53.1 Å². The van der Waals surface area contributed by atoms with Gasteiger partial charge in [0.1, 0.15) is 6.04 Å². The van der Waals surface area contributed by atoms with Crippen LogP contribution in [-0.4, -0.2) is 76.2 Å². The number of methoxy groups -OCH3 is 1. The Hall–Kier alpha value is -4.10. The van der Waals surface area contributed by atoms with Crippen molar-refractivity contribution in [1.29, 1.82) is 0 Å². The summed E-state index contributed by atoms with van der Waals surface area (Å²) in [5, 5.41) is 2.48. The molecule has 1 fully saturated rings. The zero-order valence-electron chi connectivity index (χ0n) is 23.0. The van der Waals surface area contributed by atoms with Gasteiger partial charge < -0.3 is 10.1 Å². The second kappa shape index (κ2) is 12.0. The van der Waals surface area contributed by atoms with Gasteiger partial charge in [0.25, 0.3) is 0 Å². The topological polar surface area (TPSA) is 126 Å². The fourth-order valence-corrected chi connectivity index (χ4v) is 7.95. The lowest BCUT2D eigenvalue weighted by atomic mass is 10.1. The molecule has 1 amide bonds. The molecular weight excluding hydrogens is 576 g/mol. The summed E-state index contributed by atoms with van der Waals surface area (Å²) in [6.07, 6.45) is 1.60. The van der Waals surface area contributed by atoms with Crippen molar-refractivity contribution in [2.75, 3.05) is 33.8 Å². The summed E-state index contributed by atoms with van der Waals surface area (Å²) in [7, 11) is -5.25. The minimum atomic E-state index is -4.11. The van der Waals surface area contributed by atoms with Crippen LogP contribution in [0.4, 0.5) is 0 Å². The maximum Gasteiger partial charge on any atom is 0.243 e. The van der Waals surface area contributed by atoms with Crippen molar-refractivity contribution >= 4 is 26.0 Å². The first-order valence-electron chi connectivity index (χ1n) is 13.2. The number of amides is 1. The molecule has 0 saturated carbocycles. The molecule has 10 nitrogen and oxygen atoms in total. The molecule has 1 aliphatic heterocycles. The van der Waals surface area contributed by atoms with Crippen LogP contribution in [0.5, 0.6) is 5.88 Å². The molecule has 42 heavy (non-hydrogen) atoms. The number of benzene rings is 3. The maximum absolute atomic E-state index is 13.7. The van der Waals surface area contributed by atoms with Gasteiger partial charge in [-0.3, -0.25) is 4.79 Å². The van der Waals surface area contributed by atoms with Crippen LogP contribution in [0.2, 0.25) is 0 Å². The third kappa shape index (κ3) is 5.66. The highest BCUT2D eigenvalue weighted by atomic mass is 32.2. The van der Waals surface area contributed by atoms with Crippen LogP contribution >= 0.6 is 0 Å². The fraction of sp³-hybridized carbons (Fsp3) is 0.200. The summed E-state index contributed by atoms with van der Waals surface area (Å²) in [4.78, 5) is 17.1. The second-order valence-corrected chi connectivity index (χ2v) is 13.4. The highest BCUT2D eigenvalue weighted by Crippen LogP contribution is 2.31. The van der Waals surface area contributed by atoms with E-state index in [9.17, 15) is 21.6 Å². The Bertz CT molecular complexity index is 1780. The summed E-state index contributed by atoms with van der Waals surface area (Å²) < 4.78 is 62.1. The molecule has 3 aromatic carbocycles. The number of carbonyl (C=O) groups excluding carboxylic acids is 1. The van der Waals surface area contributed by atoms with Gasteiger partial charge in [-0.2, -0.15) is 8.61 Å². The van der Waals surface area contributed by atoms with Gasteiger partial charge in [0.05, 0.1) is 16.9 Å². The number of piperazine rings is 1. The van der Waals surface area contributed by atoms with E-state index >= 15 is 0 Å². The Balaban J connectivity index is 1.38. The Kier molecular flexibility index (Phi) is 8.41. The van der Waals surface area contributed by atoms with E-state index in [4.69, 9.17) is 4.74 Å². The van der Waals surface area contributed by atoms with Crippen molar-refractivity contribution in [1.82, 2.24) is 18.9 Å². The zero-order valence-corrected chi connectivity index (χ0v) is 24.7. The van der Waals surface area contributed by atoms with Crippen LogP contribution in [0, 0.1) is 0 Å². The average Bonchev–Trinajstić information content (AvgIpc) is 3.04. The molecule has 1 unspecified atom stereocenters. The lowest BCUT2D eigenvalue weighted by molar-refractivity contribution is -0.125. The molecule has 1 aliphatic rings. The van der Waals surface area contributed by atoms with Crippen molar-refractivity contribution in [2.24, 2.45) is 0 Å². The van der Waals surface area contributed by atoms with Gasteiger partial charge in [0.15, 0.2) is 0 Å². The van der Waals surface area contributed by atoms with E-state index in [0.717, 1.165) is 25.3 Å². The van der Waals surface area contributed by atoms with Gasteiger partial charge in [-0.1, -0.05) is 54.6 Å². The quantitative estimate of drug-likeness (QED) is 0.326. The van der Waals surface area contributed by atoms with E-state index in [1.54, 1.807) is 36.5 Å². The zero-order chi connectivity index (χ0) is 29.9. The highest BCUT2D eigenvalue weighted by molar-refractivity contribution is 7.89. The van der Waals surface area contributed by atoms with E-state index in [1.165, 1.54) is 38.4 Å². The number of aromatic nitrogens is 1. The first-order valence-corrected chi connectivity index (χ1v) is 16.0. The lowest BCUT2D eigenvalue weighted by Gasteiger charge is -2.38. The molecule has 5 rings (SSSR count). The Morgan fingerprint density at radius 2 is 1.38 bits per heavy atom. The number of pyridine rings is 1. The number of hydrogen-bond donors (Lipinski definition) is 1. The van der Waals surface area contributed by atoms with Crippen molar-refractivity contribution in [3.05, 3.63) is 97.2 Å². The van der Waals surface area contributed by atoms with Crippen molar-refractivity contribution in [2.45, 2.75) is 15.8 Å². The molecule has 1 atom stereocenters. The largest absolute Gasteiger partial charge is 0.481 e. The van der Waals surface area contributed by atoms with Crippen LogP contribution in [0.1, 0.15) is 0 Å². The Morgan fingerprint density at radius 3 is 2.00 bits per heavy atom. The third-order valence-electron chi connectivity index (χ3n) is 7.18. The average molecular weight is 607 g/mol. The molecule has 1 aromatic heterocycles. The number of sulfonamides is 2. The standard InChI is InChI=1S/C30H30N4O6S2/c1-31-29(35)28-21-33(41(36,37)25-16-12-24(13-17-25)27-9-6-18-32-30(27)40-2)19-20-34(28)42(38,39)26-14-10-23(11-15-26)22-7-4-3-5-8-22/h3-18,28H,19-21H2,1-2H3,(H,31,35). The number of rotatable bonds is 8. The number of carbonyl (C=O) groups is 1. The predicted molar refractivity (Wildman–Crippen MR) is 159 cm³/mol. The first kappa shape index (κ1) is 29.4. The summed E-state index contributed by atoms with van der Waals surface area (Å²) in [5.41, 5.74) is 3.22. The molecule has 0 spiro atoms. The molecule has 4 aromatic rings. The van der Waals surface area contributed by atoms with Gasteiger partial charge in [-0.15, -0.1) is 0 Å². The van der Waals surface area contributed by atoms with Crippen LogP contribution < -0.4 is 10.1 Å². The molecule has 1 N–H and O–H groups in total. The van der Waals surface area contributed by atoms with Crippen LogP contribution in [-0.2, 0) is 24.8 Å². The minimum Gasteiger partial charge on any atom is -0.481 e. The number of hydrogen-bond acceptors (Lipinski definition) is 7. The highest BCUT2D eigenvalue weighted by Gasteiger charge is 2.43. The molecule has 2 heterocycles. The molecule has 0 bridgehead atoms. The number of ether oxygens (including phenoxy) is 1. The molecule has 0 radical (unpaired) electrons. The van der Waals surface area contributed by atoms with E-state index in [-0.39, 0.29) is 29.4 Å². The van der Waals surface area contributed by atoms with E-state index < -0.39 is 32.0 Å². The lowest BCUT2D eigenvalue weighted by Crippen LogP contribution is -2.61. The minimum absolute atomic E-state index is 0.0220. The normalized spacial score (nSPS) is 16.6. The van der Waals surface area contributed by atoms with Gasteiger partial charge in [0.2, 0.25) is 31.8 Å². The molecule has 12 heteroatoms. The van der Waals surface area contributed by atoms with Crippen LogP contribution in [0.15, 0.2) is 107 Å². The smallest absolute Gasteiger partial charge is 0.243 e. The van der Waals surface area contributed by atoms with E-state index in [1.807, 2.05) is 36.4 Å². The SMILES string of the molecule is CNC(=O)C1CN(S(=O)(=O)c2ccc(-c3cccnc3OC)cc2)CCN1S(=O)(=O)c1ccc(-c2ccccc2)cc1. The maximum atomic E-state index is 13.7. The predicted octanol–water partition coefficient (Wildman–Crippen LogP) is 3.23. The van der Waals surface area contributed by atoms with E-state index in [2.05, 4.69) is 10.3 Å². The molecular formula is C30H30N4O6S2. The van der Waals surface area contributed by atoms with Gasteiger partial charge in [-0.25, -0.2) is 21.8 Å². The fourth-order valence-electron chi connectivity index (χ4n) is 4.94. The Morgan fingerprint density at radius 1 is 0.786 bits per heavy atom. The summed E-state index contributed by atoms with van der Waals surface area (Å²) in [6, 6.07) is 24.5. The number of likely N-dealkylation sites (N-methyl/N-ethyl adjacent to an activating group) is 1. The number of nitrogens with zero attached hydrogens (tertiary/aromatic N) is 3. The summed E-state index contributed by atoms with van der Waals surface area (Å²) in [5.74, 6) is -0.188. The monoisotopic (exact) mass is 606 g/mol. The first-order chi connectivity index (χ1) is 20.2. The van der Waals surface area contributed by atoms with Crippen molar-refractivity contribution < 1.29 is 26.4 Å². The summed E-state index contributed by atoms with van der Waals surface area (Å²) >= 11 is 0. The van der Waals surface area contributed by atoms with Gasteiger partial charge >= 0.3 is 0 Å². The number of nitrogens with one attached hydrogen (secondary N) is 1. The van der Waals surface area contributed by atoms with Crippen molar-refractivity contribution in [3.63, 3.8) is 0 Å². The molecule has 0 aliphatic carbocycles. The summed E-state index contributed by atoms with van der Waals surface area (Å²) in [6.45, 7) is -0.637. The second-order valence-electron chi connectivity index (χ2n) is 9.58. The third-order valence-corrected chi connectivity index (χ3v) is 11.0. The van der Waals surface area contributed by atoms with E-state index in [0.29, 0.717) is 11.4 Å². The van der Waals surface area contributed by atoms with Crippen molar-refractivity contribution in [3.8, 4) is 28.1 Å². The van der Waals surface area contributed by atoms with Crippen LogP contribution in [0.3, 0.4) is 0 Å². The molecule has 1 saturated heterocycles. The van der Waals surface area contributed by atoms with Gasteiger partial charge in [0, 0.05) is 38.4 Å². The van der Waals surface area contributed by atoms with Crippen LogP contribution in [0.25, 0.3) is 22.3 Å². The molecule has 218 valence electrons.